The summed E-state index contributed by atoms with van der Waals surface area (Å²) in [5.41, 5.74) is -1.77. The van der Waals surface area contributed by atoms with Crippen molar-refractivity contribution in [2.75, 3.05) is 7.05 Å². The summed E-state index contributed by atoms with van der Waals surface area (Å²) in [4.78, 5) is 24.1. The summed E-state index contributed by atoms with van der Waals surface area (Å²) in [6, 6.07) is 0. The number of carbonyl (C=O) groups excluding carboxylic acids is 1. The molecule has 15 heavy (non-hydrogen) atoms. The first-order chi connectivity index (χ1) is 6.69. The Hall–Kier alpha value is -1.18. The highest BCUT2D eigenvalue weighted by atomic mass is 17.1. The van der Waals surface area contributed by atoms with Crippen LogP contribution in [-0.2, 0) is 14.4 Å². The molecule has 0 bridgehead atoms. The molecule has 88 valence electrons. The van der Waals surface area contributed by atoms with Crippen molar-refractivity contribution in [1.29, 1.82) is 0 Å². The normalized spacial score (nSPS) is 15.5. The molecule has 0 spiro atoms. The summed E-state index contributed by atoms with van der Waals surface area (Å²) in [5, 5.41) is 28.2. The topological polar surface area (TPSA) is 107 Å². The third-order valence-corrected chi connectivity index (χ3v) is 2.26. The third kappa shape index (κ3) is 3.15. The molecular weight excluding hydrogens is 206 g/mol. The Morgan fingerprint density at radius 2 is 1.80 bits per heavy atom. The molecule has 0 rings (SSSR count). The second-order valence-corrected chi connectivity index (χ2v) is 3.28. The van der Waals surface area contributed by atoms with Crippen LogP contribution in [0.25, 0.3) is 0 Å². The van der Waals surface area contributed by atoms with E-state index in [1.165, 1.54) is 13.8 Å². The molecule has 0 aliphatic carbocycles. The van der Waals surface area contributed by atoms with Crippen molar-refractivity contribution >= 4 is 11.9 Å². The van der Waals surface area contributed by atoms with Gasteiger partial charge in [-0.3, -0.25) is 4.79 Å². The average Bonchev–Trinajstić information content (AvgIpc) is 2.03. The molecule has 0 aromatic heterocycles. The lowest BCUT2D eigenvalue weighted by atomic mass is 9.83. The van der Waals surface area contributed by atoms with Crippen molar-refractivity contribution in [2.45, 2.75) is 26.7 Å². The zero-order valence-corrected chi connectivity index (χ0v) is 8.89. The van der Waals surface area contributed by atoms with E-state index in [0.29, 0.717) is 7.05 Å². The number of carboxylic acids is 1. The van der Waals surface area contributed by atoms with Gasteiger partial charge in [0, 0.05) is 0 Å². The van der Waals surface area contributed by atoms with Gasteiger partial charge in [0.2, 0.25) is 0 Å². The smallest absolute Gasteiger partial charge is 0.388 e. The van der Waals surface area contributed by atoms with Crippen LogP contribution in [0, 0.1) is 10.6 Å². The number of carbonyl (C=O) groups is 2. The first-order valence-electron chi connectivity index (χ1n) is 4.47. The summed E-state index contributed by atoms with van der Waals surface area (Å²) in [7, 11) is 0.663. The predicted octanol–water partition coefficient (Wildman–Crippen LogP) is 0.669. The van der Waals surface area contributed by atoms with Crippen LogP contribution in [-0.4, -0.2) is 34.3 Å². The Bertz CT molecular complexity index is 252. The van der Waals surface area contributed by atoms with Crippen molar-refractivity contribution in [2.24, 2.45) is 5.41 Å². The van der Waals surface area contributed by atoms with E-state index in [1.54, 1.807) is 0 Å². The van der Waals surface area contributed by atoms with Gasteiger partial charge >= 0.3 is 11.9 Å². The van der Waals surface area contributed by atoms with Crippen LogP contribution in [0.4, 0.5) is 0 Å². The highest BCUT2D eigenvalue weighted by Gasteiger charge is 2.47. The van der Waals surface area contributed by atoms with Crippen LogP contribution in [0.15, 0.2) is 0 Å². The Kier molecular flexibility index (Phi) is 4.20. The summed E-state index contributed by atoms with van der Waals surface area (Å²) in [5.74, 6) is -2.61. The van der Waals surface area contributed by atoms with Gasteiger partial charge in [-0.2, -0.15) is 5.21 Å². The van der Waals surface area contributed by atoms with E-state index in [-0.39, 0.29) is 12.8 Å². The lowest BCUT2D eigenvalue weighted by Crippen LogP contribution is -2.46. The SMILES string of the molecule is CCC(CC)(C(=O)O)C(=O)O[N+](C)([O-])O. The van der Waals surface area contributed by atoms with E-state index < -0.39 is 22.3 Å². The largest absolute Gasteiger partial charge is 0.555 e. The summed E-state index contributed by atoms with van der Waals surface area (Å²) >= 11 is 0. The maximum atomic E-state index is 11.4. The van der Waals surface area contributed by atoms with Crippen molar-refractivity contribution < 1.29 is 29.7 Å². The summed E-state index contributed by atoms with van der Waals surface area (Å²) < 4.78 is 0. The number of nitrogens with zero attached hydrogens (tertiary/aromatic N) is 1. The average molecular weight is 221 g/mol. The molecule has 1 unspecified atom stereocenters. The van der Waals surface area contributed by atoms with Gasteiger partial charge in [-0.25, -0.2) is 9.63 Å². The molecule has 1 atom stereocenters. The fourth-order valence-corrected chi connectivity index (χ4v) is 1.17. The minimum absolute atomic E-state index is 0.0162. The van der Waals surface area contributed by atoms with Crippen molar-refractivity contribution in [3.63, 3.8) is 0 Å². The molecule has 0 heterocycles. The Labute approximate surface area is 86.9 Å². The Morgan fingerprint density at radius 1 is 1.40 bits per heavy atom. The molecule has 0 amide bonds. The van der Waals surface area contributed by atoms with Crippen LogP contribution in [0.3, 0.4) is 0 Å². The van der Waals surface area contributed by atoms with Gasteiger partial charge in [-0.15, -0.1) is 0 Å². The summed E-state index contributed by atoms with van der Waals surface area (Å²) in [6.45, 7) is 2.98. The van der Waals surface area contributed by atoms with Crippen LogP contribution in [0.5, 0.6) is 0 Å². The quantitative estimate of drug-likeness (QED) is 0.401. The number of hydrogen-bond donors (Lipinski definition) is 2. The van der Waals surface area contributed by atoms with Gasteiger partial charge in [0.1, 0.15) is 7.05 Å². The molecule has 0 aliphatic rings. The van der Waals surface area contributed by atoms with Gasteiger partial charge in [-0.05, 0) is 17.8 Å². The Morgan fingerprint density at radius 3 is 2.00 bits per heavy atom. The third-order valence-electron chi connectivity index (χ3n) is 2.26. The number of hydrogen-bond acceptors (Lipinski definition) is 5. The first-order valence-corrected chi connectivity index (χ1v) is 4.47. The zero-order valence-electron chi connectivity index (χ0n) is 8.89. The minimum Gasteiger partial charge on any atom is -0.555 e. The molecule has 0 saturated carbocycles. The van der Waals surface area contributed by atoms with Crippen LogP contribution < -0.4 is 0 Å². The highest BCUT2D eigenvalue weighted by Crippen LogP contribution is 2.29. The van der Waals surface area contributed by atoms with E-state index in [9.17, 15) is 14.8 Å². The van der Waals surface area contributed by atoms with E-state index in [1.807, 2.05) is 0 Å². The molecule has 0 fully saturated rings. The van der Waals surface area contributed by atoms with Gasteiger partial charge < -0.3 is 10.3 Å². The molecule has 7 nitrogen and oxygen atoms in total. The van der Waals surface area contributed by atoms with Crippen molar-refractivity contribution in [1.82, 2.24) is 0 Å². The van der Waals surface area contributed by atoms with E-state index in [4.69, 9.17) is 10.3 Å². The Balaban J connectivity index is 4.95. The van der Waals surface area contributed by atoms with Crippen molar-refractivity contribution in [3.05, 3.63) is 5.21 Å². The minimum atomic E-state index is -2.28. The fraction of sp³-hybridized carbons (Fsp3) is 0.750. The second kappa shape index (κ2) is 4.56. The summed E-state index contributed by atoms with van der Waals surface area (Å²) in [6.07, 6.45) is -0.0324. The molecule has 0 aromatic carbocycles. The monoisotopic (exact) mass is 221 g/mol. The van der Waals surface area contributed by atoms with Crippen LogP contribution >= 0.6 is 0 Å². The number of rotatable bonds is 5. The number of quaternary nitrogens is 1. The molecule has 0 radical (unpaired) electrons. The lowest BCUT2D eigenvalue weighted by Gasteiger charge is -2.29. The van der Waals surface area contributed by atoms with Gasteiger partial charge in [0.25, 0.3) is 0 Å². The molecule has 0 aromatic rings. The van der Waals surface area contributed by atoms with E-state index in [0.717, 1.165) is 0 Å². The maximum Gasteiger partial charge on any atom is 0.388 e. The second-order valence-electron chi connectivity index (χ2n) is 3.28. The first kappa shape index (κ1) is 13.8. The van der Waals surface area contributed by atoms with E-state index in [2.05, 4.69) is 4.84 Å². The molecule has 0 aliphatic heterocycles. The van der Waals surface area contributed by atoms with Gasteiger partial charge in [0.15, 0.2) is 5.41 Å². The van der Waals surface area contributed by atoms with E-state index >= 15 is 0 Å². The maximum absolute atomic E-state index is 11.4. The molecular formula is C8H15NO6. The predicted molar refractivity (Wildman–Crippen MR) is 48.1 cm³/mol. The zero-order chi connectivity index (χ0) is 12.3. The lowest BCUT2D eigenvalue weighted by molar-refractivity contribution is -1.19. The highest BCUT2D eigenvalue weighted by molar-refractivity contribution is 5.98. The molecule has 0 saturated heterocycles. The van der Waals surface area contributed by atoms with Gasteiger partial charge in [-0.1, -0.05) is 13.8 Å². The van der Waals surface area contributed by atoms with Crippen molar-refractivity contribution in [3.8, 4) is 0 Å². The molecule has 7 heteroatoms. The van der Waals surface area contributed by atoms with Crippen LogP contribution in [0.2, 0.25) is 0 Å². The number of aliphatic carboxylic acids is 1. The number of carboxylic acid groups (broad SMARTS) is 1. The number of hydroxylamine groups is 3. The standard InChI is InChI=1S/C8H15NO6/c1-4-8(5-2,6(10)11)7(12)15-9(3,13)14/h13H,4-5H2,1-3H3,(H,10,11). The van der Waals surface area contributed by atoms with Gasteiger partial charge in [0.05, 0.1) is 0 Å². The van der Waals surface area contributed by atoms with Crippen LogP contribution in [0.1, 0.15) is 26.7 Å². The fourth-order valence-electron chi connectivity index (χ4n) is 1.17. The molecule has 2 N–H and O–H groups in total.